The van der Waals surface area contributed by atoms with Crippen LogP contribution in [0, 0.1) is 5.92 Å². The van der Waals surface area contributed by atoms with Gasteiger partial charge in [0.25, 0.3) is 0 Å². The number of nitrogens with zero attached hydrogens (tertiary/aromatic N) is 1. The molecule has 0 aliphatic carbocycles. The highest BCUT2D eigenvalue weighted by Gasteiger charge is 2.27. The highest BCUT2D eigenvalue weighted by atomic mass is 79.9. The van der Waals surface area contributed by atoms with Crippen LogP contribution in [-0.4, -0.2) is 31.4 Å². The van der Waals surface area contributed by atoms with Crippen molar-refractivity contribution in [1.82, 2.24) is 0 Å². The topological polar surface area (TPSA) is 65.0 Å². The van der Waals surface area contributed by atoms with Crippen LogP contribution in [0.5, 0.6) is 0 Å². The minimum Gasteiger partial charge on any atom is -0.465 e. The Morgan fingerprint density at radius 1 is 1.14 bits per heavy atom. The molecule has 0 aliphatic heterocycles. The number of rotatable bonds is 6. The van der Waals surface area contributed by atoms with Gasteiger partial charge in [0.1, 0.15) is 0 Å². The molecule has 7 heteroatoms. The van der Waals surface area contributed by atoms with E-state index in [2.05, 4.69) is 36.9 Å². The Balaban J connectivity index is 3.02. The first-order valence-electron chi connectivity index (χ1n) is 6.32. The quantitative estimate of drug-likeness (QED) is 0.400. The minimum absolute atomic E-state index is 0.182. The van der Waals surface area contributed by atoms with Crippen LogP contribution >= 0.6 is 31.9 Å². The second-order valence-corrected chi connectivity index (χ2v) is 5.54. The molecule has 21 heavy (non-hydrogen) atoms. The van der Waals surface area contributed by atoms with Gasteiger partial charge in [0.2, 0.25) is 0 Å². The van der Waals surface area contributed by atoms with Gasteiger partial charge in [0.15, 0.2) is 5.92 Å². The van der Waals surface area contributed by atoms with E-state index in [0.717, 1.165) is 8.95 Å². The highest BCUT2D eigenvalue weighted by molar-refractivity contribution is 9.11. The number of hydrogen-bond acceptors (Lipinski definition) is 5. The molecule has 0 aromatic heterocycles. The van der Waals surface area contributed by atoms with Crippen LogP contribution in [0.25, 0.3) is 0 Å². The lowest BCUT2D eigenvalue weighted by Gasteiger charge is -2.10. The summed E-state index contributed by atoms with van der Waals surface area (Å²) in [5.74, 6) is -2.53. The number of ether oxygens (including phenoxy) is 2. The standard InChI is InChI=1S/C14H15Br2NO4/c1-3-20-13(18)9(14(19)21-4-2)8-17-12-10(15)6-5-7-11(12)16/h5-9H,3-4H2,1-2H3. The molecule has 0 aliphatic rings. The molecule has 0 N–H and O–H groups in total. The Morgan fingerprint density at radius 2 is 1.62 bits per heavy atom. The van der Waals surface area contributed by atoms with Crippen molar-refractivity contribution in [2.45, 2.75) is 13.8 Å². The van der Waals surface area contributed by atoms with Gasteiger partial charge in [0.05, 0.1) is 18.9 Å². The van der Waals surface area contributed by atoms with Gasteiger partial charge < -0.3 is 9.47 Å². The number of esters is 2. The number of halogens is 2. The van der Waals surface area contributed by atoms with Crippen molar-refractivity contribution < 1.29 is 19.1 Å². The highest BCUT2D eigenvalue weighted by Crippen LogP contribution is 2.33. The van der Waals surface area contributed by atoms with Crippen LogP contribution in [-0.2, 0) is 19.1 Å². The molecule has 0 bridgehead atoms. The summed E-state index contributed by atoms with van der Waals surface area (Å²) in [5.41, 5.74) is 0.580. The zero-order chi connectivity index (χ0) is 15.8. The molecule has 0 atom stereocenters. The Kier molecular flexibility index (Phi) is 7.60. The van der Waals surface area contributed by atoms with Gasteiger partial charge in [-0.3, -0.25) is 14.6 Å². The number of hydrogen-bond donors (Lipinski definition) is 0. The van der Waals surface area contributed by atoms with Crippen LogP contribution in [0.3, 0.4) is 0 Å². The molecule has 0 spiro atoms. The Labute approximate surface area is 140 Å². The fraction of sp³-hybridized carbons (Fsp3) is 0.357. The predicted octanol–water partition coefficient (Wildman–Crippen LogP) is 3.66. The number of benzene rings is 1. The largest absolute Gasteiger partial charge is 0.465 e. The first-order valence-corrected chi connectivity index (χ1v) is 7.91. The summed E-state index contributed by atoms with van der Waals surface area (Å²) in [5, 5.41) is 0. The van der Waals surface area contributed by atoms with Gasteiger partial charge in [0, 0.05) is 15.2 Å². The van der Waals surface area contributed by atoms with E-state index < -0.39 is 17.9 Å². The van der Waals surface area contributed by atoms with E-state index in [-0.39, 0.29) is 13.2 Å². The Bertz CT molecular complexity index is 508. The Hall–Kier alpha value is -1.21. The summed E-state index contributed by atoms with van der Waals surface area (Å²) in [6.45, 7) is 3.70. The first kappa shape index (κ1) is 17.8. The van der Waals surface area contributed by atoms with E-state index in [4.69, 9.17) is 9.47 Å². The number of carbonyl (C=O) groups excluding carboxylic acids is 2. The zero-order valence-corrected chi connectivity index (χ0v) is 14.8. The fourth-order valence-electron chi connectivity index (χ4n) is 1.44. The van der Waals surface area contributed by atoms with Gasteiger partial charge in [-0.2, -0.15) is 0 Å². The SMILES string of the molecule is CCOC(=O)C(C=Nc1c(Br)cccc1Br)C(=O)OCC. The van der Waals surface area contributed by atoms with Crippen molar-refractivity contribution in [2.75, 3.05) is 13.2 Å². The molecule has 0 saturated carbocycles. The van der Waals surface area contributed by atoms with E-state index in [1.807, 2.05) is 6.07 Å². The molecule has 0 unspecified atom stereocenters. The molecule has 0 saturated heterocycles. The van der Waals surface area contributed by atoms with E-state index in [1.165, 1.54) is 6.21 Å². The lowest BCUT2D eigenvalue weighted by molar-refractivity contribution is -0.157. The monoisotopic (exact) mass is 419 g/mol. The van der Waals surface area contributed by atoms with Gasteiger partial charge in [-0.1, -0.05) is 6.07 Å². The number of aliphatic imine (C=N–C) groups is 1. The average molecular weight is 421 g/mol. The second kappa shape index (κ2) is 8.94. The van der Waals surface area contributed by atoms with Crippen LogP contribution in [0.1, 0.15) is 13.8 Å². The van der Waals surface area contributed by atoms with E-state index in [9.17, 15) is 9.59 Å². The predicted molar refractivity (Wildman–Crippen MR) is 86.8 cm³/mol. The Morgan fingerprint density at radius 3 is 2.05 bits per heavy atom. The summed E-state index contributed by atoms with van der Waals surface area (Å²) in [7, 11) is 0. The maximum Gasteiger partial charge on any atom is 0.325 e. The summed E-state index contributed by atoms with van der Waals surface area (Å²) >= 11 is 6.71. The minimum atomic E-state index is -1.18. The number of carbonyl (C=O) groups is 2. The lowest BCUT2D eigenvalue weighted by atomic mass is 10.1. The van der Waals surface area contributed by atoms with Gasteiger partial charge in [-0.05, 0) is 57.8 Å². The van der Waals surface area contributed by atoms with Crippen molar-refractivity contribution in [3.8, 4) is 0 Å². The van der Waals surface area contributed by atoms with Crippen molar-refractivity contribution >= 4 is 55.7 Å². The van der Waals surface area contributed by atoms with E-state index in [0.29, 0.717) is 5.69 Å². The van der Waals surface area contributed by atoms with Crippen molar-refractivity contribution in [2.24, 2.45) is 10.9 Å². The summed E-state index contributed by atoms with van der Waals surface area (Å²) in [4.78, 5) is 27.8. The van der Waals surface area contributed by atoms with Crippen molar-refractivity contribution in [3.63, 3.8) is 0 Å². The molecular formula is C14H15Br2NO4. The summed E-state index contributed by atoms with van der Waals surface area (Å²) < 4.78 is 11.2. The van der Waals surface area contributed by atoms with Crippen LogP contribution in [0.2, 0.25) is 0 Å². The third kappa shape index (κ3) is 5.24. The molecule has 1 aromatic carbocycles. The maximum atomic E-state index is 11.8. The van der Waals surface area contributed by atoms with Crippen molar-refractivity contribution in [1.29, 1.82) is 0 Å². The molecular weight excluding hydrogens is 406 g/mol. The molecule has 1 rings (SSSR count). The van der Waals surface area contributed by atoms with Crippen molar-refractivity contribution in [3.05, 3.63) is 27.1 Å². The fourth-order valence-corrected chi connectivity index (χ4v) is 2.65. The first-order chi connectivity index (χ1) is 10.0. The second-order valence-electron chi connectivity index (χ2n) is 3.83. The lowest BCUT2D eigenvalue weighted by Crippen LogP contribution is -2.29. The molecule has 0 fully saturated rings. The smallest absolute Gasteiger partial charge is 0.325 e. The van der Waals surface area contributed by atoms with Crippen LogP contribution in [0.4, 0.5) is 5.69 Å². The van der Waals surface area contributed by atoms with Crippen LogP contribution in [0.15, 0.2) is 32.1 Å². The summed E-state index contributed by atoms with van der Waals surface area (Å²) in [6.07, 6.45) is 1.24. The third-order valence-corrected chi connectivity index (χ3v) is 3.65. The normalized spacial score (nSPS) is 10.9. The number of para-hydroxylation sites is 1. The van der Waals surface area contributed by atoms with Gasteiger partial charge >= 0.3 is 11.9 Å². The molecule has 114 valence electrons. The van der Waals surface area contributed by atoms with Crippen LogP contribution < -0.4 is 0 Å². The molecule has 5 nitrogen and oxygen atoms in total. The van der Waals surface area contributed by atoms with Gasteiger partial charge in [-0.25, -0.2) is 0 Å². The van der Waals surface area contributed by atoms with E-state index >= 15 is 0 Å². The summed E-state index contributed by atoms with van der Waals surface area (Å²) in [6, 6.07) is 5.45. The molecule has 0 heterocycles. The third-order valence-electron chi connectivity index (χ3n) is 2.37. The molecule has 0 amide bonds. The van der Waals surface area contributed by atoms with Gasteiger partial charge in [-0.15, -0.1) is 0 Å². The zero-order valence-electron chi connectivity index (χ0n) is 11.6. The molecule has 0 radical (unpaired) electrons. The average Bonchev–Trinajstić information content (AvgIpc) is 2.42. The van der Waals surface area contributed by atoms with E-state index in [1.54, 1.807) is 26.0 Å². The maximum absolute atomic E-state index is 11.8. The molecule has 1 aromatic rings.